The molecule has 1 heterocycles. The van der Waals surface area contributed by atoms with Crippen molar-refractivity contribution in [2.75, 3.05) is 39.8 Å². The van der Waals surface area contributed by atoms with Crippen molar-refractivity contribution in [1.82, 2.24) is 10.2 Å². The number of ether oxygens (including phenoxy) is 1. The second-order valence-electron chi connectivity index (χ2n) is 4.94. The largest absolute Gasteiger partial charge is 0.374 e. The van der Waals surface area contributed by atoms with E-state index in [1.54, 1.807) is 6.07 Å². The Labute approximate surface area is 122 Å². The van der Waals surface area contributed by atoms with Crippen LogP contribution in [0.2, 0.25) is 0 Å². The number of halogens is 2. The summed E-state index contributed by atoms with van der Waals surface area (Å²) in [5.74, 6) is -0.132. The number of nitrogens with one attached hydrogen (secondary N) is 1. The van der Waals surface area contributed by atoms with Crippen LogP contribution in [-0.2, 0) is 11.2 Å². The highest BCUT2D eigenvalue weighted by Crippen LogP contribution is 2.16. The first kappa shape index (κ1) is 14.9. The minimum Gasteiger partial charge on any atom is -0.374 e. The maximum Gasteiger partial charge on any atom is 0.126 e. The zero-order chi connectivity index (χ0) is 13.7. The van der Waals surface area contributed by atoms with Crippen molar-refractivity contribution in [3.63, 3.8) is 0 Å². The third kappa shape index (κ3) is 4.84. The molecule has 106 valence electrons. The van der Waals surface area contributed by atoms with Gasteiger partial charge in [0.2, 0.25) is 0 Å². The summed E-state index contributed by atoms with van der Waals surface area (Å²) in [5.41, 5.74) is 0.754. The SMILES string of the molecule is CN(CCc1cc(Br)ccc1F)CC1CNCCO1. The van der Waals surface area contributed by atoms with Gasteiger partial charge in [-0.2, -0.15) is 0 Å². The van der Waals surface area contributed by atoms with E-state index in [1.807, 2.05) is 13.1 Å². The van der Waals surface area contributed by atoms with Gasteiger partial charge in [-0.3, -0.25) is 0 Å². The molecule has 5 heteroatoms. The van der Waals surface area contributed by atoms with Crippen LogP contribution in [0.3, 0.4) is 0 Å². The van der Waals surface area contributed by atoms with E-state index in [-0.39, 0.29) is 11.9 Å². The Morgan fingerprint density at radius 3 is 3.11 bits per heavy atom. The molecule has 1 atom stereocenters. The molecule has 1 aliphatic rings. The van der Waals surface area contributed by atoms with Gasteiger partial charge in [-0.25, -0.2) is 4.39 Å². The van der Waals surface area contributed by atoms with Gasteiger partial charge in [0, 0.05) is 30.7 Å². The molecule has 0 aliphatic carbocycles. The van der Waals surface area contributed by atoms with Gasteiger partial charge in [-0.1, -0.05) is 15.9 Å². The minimum atomic E-state index is -0.132. The number of likely N-dealkylation sites (N-methyl/N-ethyl adjacent to an activating group) is 1. The molecule has 1 N–H and O–H groups in total. The molecule has 0 radical (unpaired) electrons. The van der Waals surface area contributed by atoms with E-state index in [0.29, 0.717) is 6.42 Å². The van der Waals surface area contributed by atoms with Crippen LogP contribution in [0.1, 0.15) is 5.56 Å². The summed E-state index contributed by atoms with van der Waals surface area (Å²) in [6.45, 7) is 4.31. The van der Waals surface area contributed by atoms with Crippen LogP contribution in [0.5, 0.6) is 0 Å². The highest BCUT2D eigenvalue weighted by molar-refractivity contribution is 9.10. The molecule has 0 saturated carbocycles. The van der Waals surface area contributed by atoms with E-state index in [4.69, 9.17) is 4.74 Å². The molecule has 0 aromatic heterocycles. The number of benzene rings is 1. The molecule has 0 bridgehead atoms. The van der Waals surface area contributed by atoms with Crippen LogP contribution < -0.4 is 5.32 Å². The smallest absolute Gasteiger partial charge is 0.126 e. The van der Waals surface area contributed by atoms with Crippen molar-refractivity contribution in [3.8, 4) is 0 Å². The van der Waals surface area contributed by atoms with E-state index < -0.39 is 0 Å². The van der Waals surface area contributed by atoms with Gasteiger partial charge < -0.3 is 15.0 Å². The van der Waals surface area contributed by atoms with E-state index in [9.17, 15) is 4.39 Å². The van der Waals surface area contributed by atoms with Gasteiger partial charge in [0.15, 0.2) is 0 Å². The molecule has 19 heavy (non-hydrogen) atoms. The van der Waals surface area contributed by atoms with Crippen LogP contribution in [0.15, 0.2) is 22.7 Å². The Morgan fingerprint density at radius 2 is 2.37 bits per heavy atom. The van der Waals surface area contributed by atoms with Gasteiger partial charge in [-0.15, -0.1) is 0 Å². The molecule has 0 spiro atoms. The maximum absolute atomic E-state index is 13.6. The molecule has 1 saturated heterocycles. The first-order chi connectivity index (χ1) is 9.15. The molecular weight excluding hydrogens is 311 g/mol. The number of hydrogen-bond donors (Lipinski definition) is 1. The predicted octanol–water partition coefficient (Wildman–Crippen LogP) is 2.05. The van der Waals surface area contributed by atoms with E-state index in [0.717, 1.165) is 42.8 Å². The molecule has 3 nitrogen and oxygen atoms in total. The van der Waals surface area contributed by atoms with Crippen LogP contribution in [0.25, 0.3) is 0 Å². The highest BCUT2D eigenvalue weighted by atomic mass is 79.9. The van der Waals surface area contributed by atoms with Crippen molar-refractivity contribution >= 4 is 15.9 Å². The van der Waals surface area contributed by atoms with Crippen molar-refractivity contribution in [3.05, 3.63) is 34.1 Å². The zero-order valence-corrected chi connectivity index (χ0v) is 12.7. The fourth-order valence-electron chi connectivity index (χ4n) is 2.22. The van der Waals surface area contributed by atoms with Gasteiger partial charge in [-0.05, 0) is 37.2 Å². The summed E-state index contributed by atoms with van der Waals surface area (Å²) in [7, 11) is 2.05. The van der Waals surface area contributed by atoms with Crippen LogP contribution >= 0.6 is 15.9 Å². The summed E-state index contributed by atoms with van der Waals surface area (Å²) in [6.07, 6.45) is 0.952. The average Bonchev–Trinajstić information content (AvgIpc) is 2.41. The van der Waals surface area contributed by atoms with Gasteiger partial charge in [0.25, 0.3) is 0 Å². The van der Waals surface area contributed by atoms with E-state index in [1.165, 1.54) is 6.07 Å². The lowest BCUT2D eigenvalue weighted by Gasteiger charge is -2.28. The van der Waals surface area contributed by atoms with Crippen molar-refractivity contribution < 1.29 is 9.13 Å². The molecular formula is C14H20BrFN2O. The monoisotopic (exact) mass is 330 g/mol. The molecule has 1 unspecified atom stereocenters. The molecule has 1 aromatic rings. The van der Waals surface area contributed by atoms with Gasteiger partial charge in [0.1, 0.15) is 5.82 Å². The second-order valence-corrected chi connectivity index (χ2v) is 5.86. The second kappa shape index (κ2) is 7.33. The zero-order valence-electron chi connectivity index (χ0n) is 11.2. The topological polar surface area (TPSA) is 24.5 Å². The molecule has 1 aromatic carbocycles. The fourth-order valence-corrected chi connectivity index (χ4v) is 2.63. The maximum atomic E-state index is 13.6. The summed E-state index contributed by atoms with van der Waals surface area (Å²) in [5, 5.41) is 3.31. The van der Waals surface area contributed by atoms with Gasteiger partial charge in [0.05, 0.1) is 12.7 Å². The van der Waals surface area contributed by atoms with Crippen LogP contribution in [0.4, 0.5) is 4.39 Å². The highest BCUT2D eigenvalue weighted by Gasteiger charge is 2.15. The molecule has 2 rings (SSSR count). The van der Waals surface area contributed by atoms with E-state index in [2.05, 4.69) is 26.1 Å². The quantitative estimate of drug-likeness (QED) is 0.894. The third-order valence-corrected chi connectivity index (χ3v) is 3.78. The number of rotatable bonds is 5. The number of hydrogen-bond acceptors (Lipinski definition) is 3. The number of morpholine rings is 1. The summed E-state index contributed by atoms with van der Waals surface area (Å²) in [4.78, 5) is 2.19. The fraction of sp³-hybridized carbons (Fsp3) is 0.571. The lowest BCUT2D eigenvalue weighted by molar-refractivity contribution is 0.0102. The Balaban J connectivity index is 1.79. The van der Waals surface area contributed by atoms with E-state index >= 15 is 0 Å². The standard InChI is InChI=1S/C14H20BrFN2O/c1-18(10-13-9-17-5-7-19-13)6-4-11-8-12(15)2-3-14(11)16/h2-3,8,13,17H,4-7,9-10H2,1H3. The van der Waals surface area contributed by atoms with Crippen LogP contribution in [-0.4, -0.2) is 50.8 Å². The Bertz CT molecular complexity index is 410. The first-order valence-corrected chi connectivity index (χ1v) is 7.39. The van der Waals surface area contributed by atoms with Crippen molar-refractivity contribution in [1.29, 1.82) is 0 Å². The lowest BCUT2D eigenvalue weighted by Crippen LogP contribution is -2.44. The van der Waals surface area contributed by atoms with Crippen molar-refractivity contribution in [2.24, 2.45) is 0 Å². The van der Waals surface area contributed by atoms with Crippen molar-refractivity contribution in [2.45, 2.75) is 12.5 Å². The molecule has 1 fully saturated rings. The van der Waals surface area contributed by atoms with Crippen LogP contribution in [0, 0.1) is 5.82 Å². The average molecular weight is 331 g/mol. The summed E-state index contributed by atoms with van der Waals surface area (Å²) >= 11 is 3.37. The molecule has 0 amide bonds. The summed E-state index contributed by atoms with van der Waals surface area (Å²) in [6, 6.07) is 5.08. The molecule has 1 aliphatic heterocycles. The first-order valence-electron chi connectivity index (χ1n) is 6.60. The Hall–Kier alpha value is -0.490. The third-order valence-electron chi connectivity index (χ3n) is 3.29. The van der Waals surface area contributed by atoms with Gasteiger partial charge >= 0.3 is 0 Å². The summed E-state index contributed by atoms with van der Waals surface area (Å²) < 4.78 is 20.2. The normalized spacial score (nSPS) is 19.9. The predicted molar refractivity (Wildman–Crippen MR) is 77.9 cm³/mol. The Kier molecular flexibility index (Phi) is 5.76. The minimum absolute atomic E-state index is 0.132. The lowest BCUT2D eigenvalue weighted by atomic mass is 10.1. The number of nitrogens with zero attached hydrogens (tertiary/aromatic N) is 1. The Morgan fingerprint density at radius 1 is 1.53 bits per heavy atom.